The Bertz CT molecular complexity index is 2010. The van der Waals surface area contributed by atoms with E-state index in [4.69, 9.17) is 19.2 Å². The number of amides is 4. The van der Waals surface area contributed by atoms with Gasteiger partial charge in [0, 0.05) is 44.0 Å². The first kappa shape index (κ1) is 38.9. The third-order valence-electron chi connectivity index (χ3n) is 12.0. The van der Waals surface area contributed by atoms with E-state index in [0.29, 0.717) is 60.4 Å². The maximum atomic E-state index is 14.6. The van der Waals surface area contributed by atoms with Crippen molar-refractivity contribution in [1.82, 2.24) is 24.8 Å². The molecule has 3 saturated carbocycles. The SMILES string of the molecule is COc1ccc2c(O[C@@H]3C[C@H]4C(=O)C[C@]5(C(=O)NS(=O)(=O)C6(C)CC6)C[C@H]5/C=C\CCCCC[C@H](NC(=O)N(C)C)C(=O)N4C3)cc(OC3CC3)nc2c1C. The van der Waals surface area contributed by atoms with Gasteiger partial charge in [-0.3, -0.25) is 19.1 Å². The first-order chi connectivity index (χ1) is 26.1. The maximum Gasteiger partial charge on any atom is 0.317 e. The normalized spacial score (nSPS) is 28.5. The van der Waals surface area contributed by atoms with Crippen LogP contribution in [0.15, 0.2) is 30.4 Å². The maximum absolute atomic E-state index is 14.6. The van der Waals surface area contributed by atoms with Gasteiger partial charge >= 0.3 is 6.03 Å². The lowest BCUT2D eigenvalue weighted by molar-refractivity contribution is -0.140. The van der Waals surface area contributed by atoms with Gasteiger partial charge in [0.05, 0.1) is 35.4 Å². The van der Waals surface area contributed by atoms with Gasteiger partial charge in [-0.2, -0.15) is 0 Å². The first-order valence-corrected chi connectivity index (χ1v) is 21.0. The number of aryl methyl sites for hydroxylation is 1. The molecule has 15 heteroatoms. The summed E-state index contributed by atoms with van der Waals surface area (Å²) in [4.78, 5) is 63.7. The van der Waals surface area contributed by atoms with E-state index >= 15 is 0 Å². The minimum atomic E-state index is -3.95. The van der Waals surface area contributed by atoms with Gasteiger partial charge in [-0.15, -0.1) is 0 Å². The van der Waals surface area contributed by atoms with E-state index in [1.165, 1.54) is 9.80 Å². The molecule has 4 fully saturated rings. The zero-order valence-electron chi connectivity index (χ0n) is 32.4. The lowest BCUT2D eigenvalue weighted by atomic mass is 9.91. The molecule has 2 N–H and O–H groups in total. The van der Waals surface area contributed by atoms with Crippen molar-refractivity contribution < 1.29 is 41.8 Å². The number of aromatic nitrogens is 1. The van der Waals surface area contributed by atoms with Crippen molar-refractivity contribution in [3.8, 4) is 17.4 Å². The van der Waals surface area contributed by atoms with Crippen LogP contribution in [-0.2, 0) is 24.4 Å². The summed E-state index contributed by atoms with van der Waals surface area (Å²) in [5.41, 5.74) is 0.199. The molecule has 0 radical (unpaired) electrons. The Balaban J connectivity index is 1.22. The van der Waals surface area contributed by atoms with Crippen molar-refractivity contribution in [3.63, 3.8) is 0 Å². The quantitative estimate of drug-likeness (QED) is 0.344. The van der Waals surface area contributed by atoms with Gasteiger partial charge in [0.15, 0.2) is 5.78 Å². The first-order valence-electron chi connectivity index (χ1n) is 19.5. The second-order valence-corrected chi connectivity index (χ2v) is 18.7. The number of allylic oxidation sites excluding steroid dienone is 2. The fraction of sp³-hybridized carbons (Fsp3) is 0.625. The smallest absolute Gasteiger partial charge is 0.317 e. The predicted molar refractivity (Wildman–Crippen MR) is 204 cm³/mol. The van der Waals surface area contributed by atoms with Crippen LogP contribution in [-0.4, -0.2) is 104 Å². The zero-order valence-corrected chi connectivity index (χ0v) is 33.2. The average molecular weight is 780 g/mol. The molecule has 14 nitrogen and oxygen atoms in total. The second kappa shape index (κ2) is 14.9. The summed E-state index contributed by atoms with van der Waals surface area (Å²) in [6.07, 6.45) is 9.81. The summed E-state index contributed by atoms with van der Waals surface area (Å²) in [6, 6.07) is 3.15. The molecule has 3 heterocycles. The van der Waals surface area contributed by atoms with Gasteiger partial charge < -0.3 is 29.3 Å². The Morgan fingerprint density at radius 1 is 1.02 bits per heavy atom. The Hall–Kier alpha value is -4.40. The number of urea groups is 1. The minimum absolute atomic E-state index is 0.0522. The number of methoxy groups -OCH3 is 1. The topological polar surface area (TPSA) is 174 Å². The largest absolute Gasteiger partial charge is 0.496 e. The number of hydrogen-bond donors (Lipinski definition) is 2. The van der Waals surface area contributed by atoms with Crippen molar-refractivity contribution in [2.45, 2.75) is 120 Å². The molecule has 2 aromatic rings. The van der Waals surface area contributed by atoms with Crippen molar-refractivity contribution in [1.29, 1.82) is 0 Å². The monoisotopic (exact) mass is 779 g/mol. The number of nitrogens with zero attached hydrogens (tertiary/aromatic N) is 3. The lowest BCUT2D eigenvalue weighted by Gasteiger charge is -2.30. The fourth-order valence-corrected chi connectivity index (χ4v) is 9.17. The van der Waals surface area contributed by atoms with Crippen LogP contribution in [0.3, 0.4) is 0 Å². The summed E-state index contributed by atoms with van der Waals surface area (Å²) < 4.78 is 46.1. The van der Waals surface area contributed by atoms with Gasteiger partial charge in [-0.1, -0.05) is 25.0 Å². The van der Waals surface area contributed by atoms with Crippen LogP contribution in [0.2, 0.25) is 0 Å². The number of hydrogen-bond acceptors (Lipinski definition) is 10. The van der Waals surface area contributed by atoms with Crippen LogP contribution < -0.4 is 24.2 Å². The highest BCUT2D eigenvalue weighted by atomic mass is 32.2. The predicted octanol–water partition coefficient (Wildman–Crippen LogP) is 4.57. The molecule has 5 atom stereocenters. The molecule has 1 aromatic heterocycles. The molecular formula is C40H53N5O9S. The fourth-order valence-electron chi connectivity index (χ4n) is 7.84. The highest BCUT2D eigenvalue weighted by Crippen LogP contribution is 2.57. The highest BCUT2D eigenvalue weighted by molar-refractivity contribution is 7.91. The van der Waals surface area contributed by atoms with Gasteiger partial charge in [-0.25, -0.2) is 18.2 Å². The number of fused-ring (bicyclic) bond motifs is 3. The number of pyridine rings is 1. The molecule has 3 aliphatic carbocycles. The van der Waals surface area contributed by atoms with E-state index in [-0.39, 0.29) is 37.2 Å². The molecule has 2 aliphatic heterocycles. The number of carbonyl (C=O) groups excluding carboxylic acids is 4. The summed E-state index contributed by atoms with van der Waals surface area (Å²) >= 11 is 0. The minimum Gasteiger partial charge on any atom is -0.496 e. The summed E-state index contributed by atoms with van der Waals surface area (Å²) in [6.45, 7) is 3.58. The van der Waals surface area contributed by atoms with Crippen LogP contribution >= 0.6 is 0 Å². The number of Topliss-reactive ketones (excluding diaryl/α,β-unsaturated/α-hetero) is 1. The van der Waals surface area contributed by atoms with Crippen LogP contribution in [0.4, 0.5) is 4.79 Å². The molecule has 7 rings (SSSR count). The Kier molecular flexibility index (Phi) is 10.5. The molecule has 298 valence electrons. The molecule has 1 aromatic carbocycles. The molecule has 0 unspecified atom stereocenters. The van der Waals surface area contributed by atoms with Crippen molar-refractivity contribution in [2.24, 2.45) is 11.3 Å². The molecule has 5 aliphatic rings. The van der Waals surface area contributed by atoms with Gasteiger partial charge in [0.1, 0.15) is 29.7 Å². The summed E-state index contributed by atoms with van der Waals surface area (Å²) in [5, 5.41) is 3.59. The molecule has 55 heavy (non-hydrogen) atoms. The second-order valence-electron chi connectivity index (χ2n) is 16.5. The number of carbonyl (C=O) groups is 4. The molecule has 4 amide bonds. The van der Waals surface area contributed by atoms with Crippen molar-refractivity contribution >= 4 is 44.6 Å². The van der Waals surface area contributed by atoms with Gasteiger partial charge in [-0.05, 0) is 83.3 Å². The molecule has 0 spiro atoms. The van der Waals surface area contributed by atoms with E-state index in [2.05, 4.69) is 10.0 Å². The Morgan fingerprint density at radius 2 is 1.78 bits per heavy atom. The van der Waals surface area contributed by atoms with Gasteiger partial charge in [0.25, 0.3) is 0 Å². The van der Waals surface area contributed by atoms with E-state index < -0.39 is 56.2 Å². The lowest BCUT2D eigenvalue weighted by Crippen LogP contribution is -2.54. The average Bonchev–Trinajstić information content (AvgIpc) is 4.09. The summed E-state index contributed by atoms with van der Waals surface area (Å²) in [5.74, 6) is -0.200. The standard InChI is InChI=1S/C40H53N5O9S/c1-24-32(52-5)16-15-28-33(20-34(42-35(24)28)54-26-13-14-26)53-27-19-30-31(46)22-40(37(48)43-55(50,51)39(2)17-18-39)21-25(40)11-9-7-6-8-10-12-29(36(47)45(30)23-27)41-38(49)44(3)4/h9,11,15-16,20,25-27,29-30H,6-8,10,12-14,17-19,21-23H2,1-5H3,(H,41,49)(H,43,48)/b11-9-/t25-,27-,29+,30+,40-/m1/s1. The van der Waals surface area contributed by atoms with E-state index in [1.54, 1.807) is 34.2 Å². The van der Waals surface area contributed by atoms with Crippen LogP contribution in [0.25, 0.3) is 10.9 Å². The van der Waals surface area contributed by atoms with E-state index in [9.17, 15) is 27.6 Å². The third-order valence-corrected chi connectivity index (χ3v) is 14.2. The molecule has 1 saturated heterocycles. The zero-order chi connectivity index (χ0) is 39.3. The number of ketones is 1. The van der Waals surface area contributed by atoms with Crippen LogP contribution in [0.1, 0.15) is 89.5 Å². The van der Waals surface area contributed by atoms with E-state index in [0.717, 1.165) is 37.7 Å². The van der Waals surface area contributed by atoms with Crippen LogP contribution in [0.5, 0.6) is 17.4 Å². The van der Waals surface area contributed by atoms with Crippen LogP contribution in [0, 0.1) is 18.3 Å². The van der Waals surface area contributed by atoms with Crippen molar-refractivity contribution in [2.75, 3.05) is 27.7 Å². The Labute approximate surface area is 322 Å². The third kappa shape index (κ3) is 7.99. The number of sulfonamides is 1. The highest BCUT2D eigenvalue weighted by Gasteiger charge is 2.62. The number of rotatable bonds is 9. The van der Waals surface area contributed by atoms with E-state index in [1.807, 2.05) is 31.2 Å². The molecular weight excluding hydrogens is 727 g/mol. The number of nitrogens with one attached hydrogen (secondary N) is 2. The Morgan fingerprint density at radius 3 is 2.47 bits per heavy atom. The summed E-state index contributed by atoms with van der Waals surface area (Å²) in [7, 11) is 0.849. The number of benzene rings is 1. The van der Waals surface area contributed by atoms with Crippen molar-refractivity contribution in [3.05, 3.63) is 35.9 Å². The molecule has 0 bridgehead atoms. The van der Waals surface area contributed by atoms with Gasteiger partial charge in [0.2, 0.25) is 27.7 Å². The number of ether oxygens (including phenoxy) is 3.